The fourth-order valence-corrected chi connectivity index (χ4v) is 2.36. The minimum atomic E-state index is -0.580. The van der Waals surface area contributed by atoms with Crippen molar-refractivity contribution in [1.82, 2.24) is 15.1 Å². The van der Waals surface area contributed by atoms with E-state index in [0.29, 0.717) is 24.5 Å². The topological polar surface area (TPSA) is 83.2 Å². The van der Waals surface area contributed by atoms with Gasteiger partial charge in [0.15, 0.2) is 0 Å². The van der Waals surface area contributed by atoms with Gasteiger partial charge in [-0.2, -0.15) is 0 Å². The first kappa shape index (κ1) is 17.7. The second kappa shape index (κ2) is 8.19. The number of piperazine rings is 1. The van der Waals surface area contributed by atoms with Crippen LogP contribution in [0.1, 0.15) is 20.8 Å². The van der Waals surface area contributed by atoms with Gasteiger partial charge in [0.1, 0.15) is 0 Å². The van der Waals surface area contributed by atoms with Gasteiger partial charge in [0, 0.05) is 39.8 Å². The molecule has 0 radical (unpaired) electrons. The van der Waals surface area contributed by atoms with Crippen molar-refractivity contribution < 1.29 is 9.53 Å². The Bertz CT molecular complexity index is 357. The summed E-state index contributed by atoms with van der Waals surface area (Å²) in [5, 5.41) is 2.61. The van der Waals surface area contributed by atoms with Gasteiger partial charge >= 0.3 is 6.03 Å². The van der Waals surface area contributed by atoms with E-state index in [4.69, 9.17) is 10.5 Å². The van der Waals surface area contributed by atoms with Gasteiger partial charge < -0.3 is 15.4 Å². The van der Waals surface area contributed by atoms with Crippen LogP contribution in [0.2, 0.25) is 0 Å². The molecule has 0 aliphatic carbocycles. The Hall–Kier alpha value is -1.34. The molecule has 0 bridgehead atoms. The number of nitrogens with one attached hydrogen (secondary N) is 1. The maximum Gasteiger partial charge on any atom is 0.318 e. The minimum Gasteiger partial charge on any atom is -0.383 e. The van der Waals surface area contributed by atoms with E-state index in [9.17, 15) is 4.79 Å². The summed E-state index contributed by atoms with van der Waals surface area (Å²) in [5.74, 6) is 0.551. The van der Waals surface area contributed by atoms with Crippen LogP contribution in [0, 0.1) is 5.41 Å². The van der Waals surface area contributed by atoms with E-state index < -0.39 is 6.03 Å². The molecule has 7 nitrogen and oxygen atoms in total. The van der Waals surface area contributed by atoms with Crippen LogP contribution in [-0.2, 0) is 4.74 Å². The molecule has 21 heavy (non-hydrogen) atoms. The van der Waals surface area contributed by atoms with Crippen molar-refractivity contribution in [3.63, 3.8) is 0 Å². The van der Waals surface area contributed by atoms with Crippen LogP contribution in [-0.4, -0.2) is 74.8 Å². The molecule has 0 spiro atoms. The SMILES string of the molecule is COCCN=C(NC(N)=O)N1CCN(CC(C)(C)C)CC1. The fraction of sp³-hybridized carbons (Fsp3) is 0.857. The Morgan fingerprint density at radius 3 is 2.38 bits per heavy atom. The third-order valence-corrected chi connectivity index (χ3v) is 3.16. The summed E-state index contributed by atoms with van der Waals surface area (Å²) in [5.41, 5.74) is 5.51. The molecule has 1 saturated heterocycles. The molecule has 0 aromatic heterocycles. The molecule has 122 valence electrons. The van der Waals surface area contributed by atoms with Crippen LogP contribution in [0.5, 0.6) is 0 Å². The number of aliphatic imine (C=N–C) groups is 1. The Balaban J connectivity index is 2.54. The van der Waals surface area contributed by atoms with Crippen LogP contribution in [0.25, 0.3) is 0 Å². The Morgan fingerprint density at radius 2 is 1.90 bits per heavy atom. The highest BCUT2D eigenvalue weighted by atomic mass is 16.5. The Kier molecular flexibility index (Phi) is 6.91. The molecule has 0 saturated carbocycles. The predicted molar refractivity (Wildman–Crippen MR) is 84.4 cm³/mol. The number of ether oxygens (including phenoxy) is 1. The van der Waals surface area contributed by atoms with Gasteiger partial charge in [-0.15, -0.1) is 0 Å². The van der Waals surface area contributed by atoms with Crippen molar-refractivity contribution >= 4 is 12.0 Å². The van der Waals surface area contributed by atoms with Crippen molar-refractivity contribution in [3.8, 4) is 0 Å². The van der Waals surface area contributed by atoms with Gasteiger partial charge in [0.25, 0.3) is 0 Å². The number of urea groups is 1. The lowest BCUT2D eigenvalue weighted by Crippen LogP contribution is -2.55. The first-order valence-electron chi connectivity index (χ1n) is 7.39. The maximum atomic E-state index is 11.1. The molecule has 1 rings (SSSR count). The van der Waals surface area contributed by atoms with Gasteiger partial charge in [0.2, 0.25) is 5.96 Å². The first-order valence-corrected chi connectivity index (χ1v) is 7.39. The van der Waals surface area contributed by atoms with Gasteiger partial charge in [-0.25, -0.2) is 4.79 Å². The third-order valence-electron chi connectivity index (χ3n) is 3.16. The number of primary amides is 1. The maximum absolute atomic E-state index is 11.1. The number of amides is 2. The molecule has 1 aliphatic heterocycles. The summed E-state index contributed by atoms with van der Waals surface area (Å²) >= 11 is 0. The molecular formula is C14H29N5O2. The number of guanidine groups is 1. The number of nitrogens with two attached hydrogens (primary N) is 1. The largest absolute Gasteiger partial charge is 0.383 e. The summed E-state index contributed by atoms with van der Waals surface area (Å²) in [6, 6.07) is -0.580. The van der Waals surface area contributed by atoms with E-state index >= 15 is 0 Å². The van der Waals surface area contributed by atoms with E-state index in [2.05, 4.69) is 40.9 Å². The predicted octanol–water partition coefficient (Wildman–Crippen LogP) is 0.321. The fourth-order valence-electron chi connectivity index (χ4n) is 2.36. The first-order chi connectivity index (χ1) is 9.81. The van der Waals surface area contributed by atoms with Gasteiger partial charge in [-0.05, 0) is 5.41 Å². The molecule has 1 fully saturated rings. The van der Waals surface area contributed by atoms with Crippen LogP contribution < -0.4 is 11.1 Å². The molecule has 3 N–H and O–H groups in total. The van der Waals surface area contributed by atoms with Crippen molar-refractivity contribution in [3.05, 3.63) is 0 Å². The minimum absolute atomic E-state index is 0.295. The average molecular weight is 299 g/mol. The molecule has 0 aromatic rings. The quantitative estimate of drug-likeness (QED) is 0.445. The molecule has 0 unspecified atom stereocenters. The Morgan fingerprint density at radius 1 is 1.29 bits per heavy atom. The monoisotopic (exact) mass is 299 g/mol. The standard InChI is InChI=1S/C14H29N5O2/c1-14(2,3)11-18-6-8-19(9-7-18)13(17-12(15)20)16-5-10-21-4/h5-11H2,1-4H3,(H3,15,16,17,20). The highest BCUT2D eigenvalue weighted by molar-refractivity contribution is 5.95. The molecule has 7 heteroatoms. The summed E-state index contributed by atoms with van der Waals surface area (Å²) < 4.78 is 4.98. The zero-order valence-electron chi connectivity index (χ0n) is 13.7. The van der Waals surface area contributed by atoms with E-state index in [0.717, 1.165) is 32.7 Å². The van der Waals surface area contributed by atoms with Crippen LogP contribution >= 0.6 is 0 Å². The van der Waals surface area contributed by atoms with E-state index in [-0.39, 0.29) is 0 Å². The summed E-state index contributed by atoms with van der Waals surface area (Å²) in [4.78, 5) is 20.0. The van der Waals surface area contributed by atoms with Crippen molar-refractivity contribution in [1.29, 1.82) is 0 Å². The average Bonchev–Trinajstić information content (AvgIpc) is 2.36. The second-order valence-corrected chi connectivity index (χ2v) is 6.51. The summed E-state index contributed by atoms with van der Waals surface area (Å²) in [7, 11) is 1.63. The summed E-state index contributed by atoms with van der Waals surface area (Å²) in [6.07, 6.45) is 0. The number of carbonyl (C=O) groups is 1. The van der Waals surface area contributed by atoms with Gasteiger partial charge in [-0.1, -0.05) is 20.8 Å². The van der Waals surface area contributed by atoms with E-state index in [1.807, 2.05) is 0 Å². The van der Waals surface area contributed by atoms with Crippen molar-refractivity contribution in [2.45, 2.75) is 20.8 Å². The van der Waals surface area contributed by atoms with Crippen LogP contribution in [0.15, 0.2) is 4.99 Å². The smallest absolute Gasteiger partial charge is 0.318 e. The number of rotatable bonds is 4. The molecular weight excluding hydrogens is 270 g/mol. The van der Waals surface area contributed by atoms with Crippen molar-refractivity contribution in [2.75, 3.05) is 53.0 Å². The number of methoxy groups -OCH3 is 1. The lowest BCUT2D eigenvalue weighted by molar-refractivity contribution is 0.134. The zero-order chi connectivity index (χ0) is 15.9. The van der Waals surface area contributed by atoms with E-state index in [1.165, 1.54) is 0 Å². The lowest BCUT2D eigenvalue weighted by atomic mass is 9.96. The highest BCUT2D eigenvalue weighted by Gasteiger charge is 2.23. The highest BCUT2D eigenvalue weighted by Crippen LogP contribution is 2.16. The zero-order valence-corrected chi connectivity index (χ0v) is 13.7. The third kappa shape index (κ3) is 7.29. The lowest BCUT2D eigenvalue weighted by Gasteiger charge is -2.38. The number of carbonyl (C=O) groups excluding carboxylic acids is 1. The molecule has 2 amide bonds. The van der Waals surface area contributed by atoms with Crippen LogP contribution in [0.3, 0.4) is 0 Å². The molecule has 1 aliphatic rings. The molecule has 0 atom stereocenters. The number of nitrogens with zero attached hydrogens (tertiary/aromatic N) is 3. The van der Waals surface area contributed by atoms with Crippen molar-refractivity contribution in [2.24, 2.45) is 16.1 Å². The molecule has 0 aromatic carbocycles. The summed E-state index contributed by atoms with van der Waals surface area (Å²) in [6.45, 7) is 12.4. The van der Waals surface area contributed by atoms with Gasteiger partial charge in [-0.3, -0.25) is 15.2 Å². The van der Waals surface area contributed by atoms with E-state index in [1.54, 1.807) is 7.11 Å². The number of hydrogen-bond acceptors (Lipinski definition) is 4. The second-order valence-electron chi connectivity index (χ2n) is 6.51. The molecule has 1 heterocycles. The Labute approximate surface area is 127 Å². The van der Waals surface area contributed by atoms with Gasteiger partial charge in [0.05, 0.1) is 13.2 Å². The number of hydrogen-bond donors (Lipinski definition) is 2. The van der Waals surface area contributed by atoms with Crippen LogP contribution in [0.4, 0.5) is 4.79 Å². The normalized spacial score (nSPS) is 17.9.